The predicted molar refractivity (Wildman–Crippen MR) is 133 cm³/mol. The molecule has 0 unspecified atom stereocenters. The number of nitrogens with zero attached hydrogens (tertiary/aromatic N) is 6. The van der Waals surface area contributed by atoms with Gasteiger partial charge in [-0.3, -0.25) is 4.79 Å². The lowest BCUT2D eigenvalue weighted by atomic mass is 9.89. The number of aromatic nitrogens is 4. The van der Waals surface area contributed by atoms with Crippen LogP contribution in [0.5, 0.6) is 0 Å². The molecule has 7 heteroatoms. The summed E-state index contributed by atoms with van der Waals surface area (Å²) in [5, 5.41) is 10.4. The van der Waals surface area contributed by atoms with Crippen LogP contribution in [0, 0.1) is 0 Å². The van der Waals surface area contributed by atoms with Gasteiger partial charge in [-0.05, 0) is 43.5 Å². The van der Waals surface area contributed by atoms with Gasteiger partial charge in [-0.25, -0.2) is 9.38 Å². The standard InChI is InChI=1S/C27H30N6O/c34-26(21-12-5-2-6-13-21)31-16-9-17-32(19-18-31)27-28-23-15-8-7-14-22(23)25-30-29-24(33(25)27)20-10-3-1-4-11-20/h2,5-8,12-15,20H,1,3-4,9-11,16-19H2. The molecule has 0 atom stereocenters. The molecule has 0 bridgehead atoms. The Morgan fingerprint density at radius 2 is 1.59 bits per heavy atom. The molecule has 7 nitrogen and oxygen atoms in total. The number of carbonyl (C=O) groups excluding carboxylic acids is 1. The Balaban J connectivity index is 1.37. The molecular weight excluding hydrogens is 424 g/mol. The summed E-state index contributed by atoms with van der Waals surface area (Å²) in [6.07, 6.45) is 7.01. The zero-order valence-corrected chi connectivity index (χ0v) is 19.4. The average molecular weight is 455 g/mol. The van der Waals surface area contributed by atoms with Gasteiger partial charge in [0.2, 0.25) is 5.95 Å². The van der Waals surface area contributed by atoms with Crippen LogP contribution in [0.3, 0.4) is 0 Å². The Bertz CT molecular complexity index is 1310. The average Bonchev–Trinajstić information content (AvgIpc) is 3.20. The molecular formula is C27H30N6O. The number of fused-ring (bicyclic) bond motifs is 3. The molecule has 2 aromatic carbocycles. The van der Waals surface area contributed by atoms with Crippen molar-refractivity contribution in [1.29, 1.82) is 0 Å². The summed E-state index contributed by atoms with van der Waals surface area (Å²) >= 11 is 0. The van der Waals surface area contributed by atoms with E-state index >= 15 is 0 Å². The molecule has 1 aliphatic carbocycles. The monoisotopic (exact) mass is 454 g/mol. The van der Waals surface area contributed by atoms with E-state index in [1.165, 1.54) is 19.3 Å². The molecule has 2 aromatic heterocycles. The molecule has 3 heterocycles. The molecule has 1 aliphatic heterocycles. The van der Waals surface area contributed by atoms with Crippen molar-refractivity contribution in [2.75, 3.05) is 31.1 Å². The van der Waals surface area contributed by atoms with Crippen molar-refractivity contribution in [3.63, 3.8) is 0 Å². The van der Waals surface area contributed by atoms with Crippen molar-refractivity contribution in [2.45, 2.75) is 44.4 Å². The molecule has 1 saturated heterocycles. The van der Waals surface area contributed by atoms with Gasteiger partial charge in [-0.15, -0.1) is 10.2 Å². The molecule has 1 saturated carbocycles. The van der Waals surface area contributed by atoms with Gasteiger partial charge in [0.1, 0.15) is 5.82 Å². The second-order valence-electron chi connectivity index (χ2n) is 9.48. The van der Waals surface area contributed by atoms with E-state index in [2.05, 4.69) is 26.5 Å². The van der Waals surface area contributed by atoms with Crippen molar-refractivity contribution in [3.05, 3.63) is 66.0 Å². The van der Waals surface area contributed by atoms with Crippen molar-refractivity contribution in [2.24, 2.45) is 0 Å². The van der Waals surface area contributed by atoms with Gasteiger partial charge in [-0.1, -0.05) is 49.6 Å². The first-order valence-electron chi connectivity index (χ1n) is 12.5. The molecule has 174 valence electrons. The quantitative estimate of drug-likeness (QED) is 0.450. The largest absolute Gasteiger partial charge is 0.340 e. The minimum absolute atomic E-state index is 0.103. The Morgan fingerprint density at radius 3 is 2.44 bits per heavy atom. The molecule has 1 amide bonds. The van der Waals surface area contributed by atoms with E-state index < -0.39 is 0 Å². The summed E-state index contributed by atoms with van der Waals surface area (Å²) in [5.41, 5.74) is 2.58. The van der Waals surface area contributed by atoms with Crippen LogP contribution in [0.15, 0.2) is 54.6 Å². The lowest BCUT2D eigenvalue weighted by Gasteiger charge is -2.26. The van der Waals surface area contributed by atoms with Crippen LogP contribution < -0.4 is 4.90 Å². The minimum atomic E-state index is 0.103. The third-order valence-corrected chi connectivity index (χ3v) is 7.31. The summed E-state index contributed by atoms with van der Waals surface area (Å²) < 4.78 is 2.22. The van der Waals surface area contributed by atoms with Gasteiger partial charge in [-0.2, -0.15) is 0 Å². The van der Waals surface area contributed by atoms with Crippen LogP contribution in [0.25, 0.3) is 16.6 Å². The van der Waals surface area contributed by atoms with Gasteiger partial charge < -0.3 is 9.80 Å². The third kappa shape index (κ3) is 3.79. The van der Waals surface area contributed by atoms with Crippen molar-refractivity contribution in [3.8, 4) is 0 Å². The molecule has 0 N–H and O–H groups in total. The number of para-hydroxylation sites is 1. The molecule has 2 fully saturated rings. The summed E-state index contributed by atoms with van der Waals surface area (Å²) in [4.78, 5) is 22.5. The van der Waals surface area contributed by atoms with Crippen LogP contribution in [-0.4, -0.2) is 56.6 Å². The first-order valence-corrected chi connectivity index (χ1v) is 12.5. The van der Waals surface area contributed by atoms with Gasteiger partial charge in [0.25, 0.3) is 5.91 Å². The highest BCUT2D eigenvalue weighted by atomic mass is 16.2. The predicted octanol–water partition coefficient (Wildman–Crippen LogP) is 4.68. The minimum Gasteiger partial charge on any atom is -0.340 e. The number of amides is 1. The van der Waals surface area contributed by atoms with E-state index in [1.807, 2.05) is 47.4 Å². The van der Waals surface area contributed by atoms with E-state index in [4.69, 9.17) is 10.1 Å². The molecule has 6 rings (SSSR count). The second-order valence-corrected chi connectivity index (χ2v) is 9.48. The SMILES string of the molecule is O=C(c1ccccc1)N1CCCN(c2nc3ccccc3c3nnc(C4CCCCC4)n23)CC1. The summed E-state index contributed by atoms with van der Waals surface area (Å²) in [7, 11) is 0. The van der Waals surface area contributed by atoms with Crippen molar-refractivity contribution in [1.82, 2.24) is 24.5 Å². The lowest BCUT2D eigenvalue weighted by molar-refractivity contribution is 0.0767. The van der Waals surface area contributed by atoms with Crippen LogP contribution in [-0.2, 0) is 0 Å². The number of hydrogen-bond donors (Lipinski definition) is 0. The van der Waals surface area contributed by atoms with E-state index in [9.17, 15) is 4.79 Å². The Hall–Kier alpha value is -3.48. The van der Waals surface area contributed by atoms with E-state index in [-0.39, 0.29) is 5.91 Å². The molecule has 2 aliphatic rings. The topological polar surface area (TPSA) is 66.6 Å². The Kier molecular flexibility index (Phi) is 5.61. The fourth-order valence-electron chi connectivity index (χ4n) is 5.51. The number of anilines is 1. The maximum absolute atomic E-state index is 13.1. The van der Waals surface area contributed by atoms with E-state index in [1.54, 1.807) is 0 Å². The van der Waals surface area contributed by atoms with Gasteiger partial charge in [0.15, 0.2) is 5.65 Å². The first kappa shape index (κ1) is 21.1. The zero-order valence-electron chi connectivity index (χ0n) is 19.4. The zero-order chi connectivity index (χ0) is 22.9. The highest BCUT2D eigenvalue weighted by molar-refractivity contribution is 5.94. The molecule has 4 aromatic rings. The van der Waals surface area contributed by atoms with Crippen LogP contribution in [0.1, 0.15) is 60.6 Å². The van der Waals surface area contributed by atoms with Gasteiger partial charge >= 0.3 is 0 Å². The maximum atomic E-state index is 13.1. The molecule has 34 heavy (non-hydrogen) atoms. The summed E-state index contributed by atoms with van der Waals surface area (Å²) in [6, 6.07) is 17.8. The number of benzene rings is 2. The highest BCUT2D eigenvalue weighted by Gasteiger charge is 2.27. The first-order chi connectivity index (χ1) is 16.8. The van der Waals surface area contributed by atoms with E-state index in [0.717, 1.165) is 72.8 Å². The van der Waals surface area contributed by atoms with Crippen LogP contribution >= 0.6 is 0 Å². The smallest absolute Gasteiger partial charge is 0.253 e. The van der Waals surface area contributed by atoms with Crippen molar-refractivity contribution >= 4 is 28.4 Å². The Labute approximate surface area is 199 Å². The second kappa shape index (κ2) is 9.05. The maximum Gasteiger partial charge on any atom is 0.253 e. The van der Waals surface area contributed by atoms with Gasteiger partial charge in [0.05, 0.1) is 5.52 Å². The molecule has 0 spiro atoms. The van der Waals surface area contributed by atoms with Crippen molar-refractivity contribution < 1.29 is 4.79 Å². The van der Waals surface area contributed by atoms with E-state index in [0.29, 0.717) is 12.5 Å². The third-order valence-electron chi connectivity index (χ3n) is 7.31. The molecule has 0 radical (unpaired) electrons. The van der Waals surface area contributed by atoms with Crippen LogP contribution in [0.2, 0.25) is 0 Å². The van der Waals surface area contributed by atoms with Crippen LogP contribution in [0.4, 0.5) is 5.95 Å². The summed E-state index contributed by atoms with van der Waals surface area (Å²) in [6.45, 7) is 3.01. The summed E-state index contributed by atoms with van der Waals surface area (Å²) in [5.74, 6) is 2.48. The van der Waals surface area contributed by atoms with Gasteiger partial charge in [0, 0.05) is 43.0 Å². The Morgan fingerprint density at radius 1 is 0.794 bits per heavy atom. The number of hydrogen-bond acceptors (Lipinski definition) is 5. The number of rotatable bonds is 3. The highest BCUT2D eigenvalue weighted by Crippen LogP contribution is 2.34. The fraction of sp³-hybridized carbons (Fsp3) is 0.407. The number of carbonyl (C=O) groups is 1. The normalized spacial score (nSPS) is 17.9. The lowest BCUT2D eigenvalue weighted by Crippen LogP contribution is -2.36. The fourth-order valence-corrected chi connectivity index (χ4v) is 5.51.